The predicted octanol–water partition coefficient (Wildman–Crippen LogP) is 0.234. The van der Waals surface area contributed by atoms with Gasteiger partial charge in [-0.2, -0.15) is 0 Å². The minimum Gasteiger partial charge on any atom is -0.481 e. The number of rotatable bonds is 9. The second kappa shape index (κ2) is 7.29. The van der Waals surface area contributed by atoms with E-state index in [9.17, 15) is 14.4 Å². The summed E-state index contributed by atoms with van der Waals surface area (Å²) in [6.45, 7) is 3.69. The number of hydrogen-bond donors (Lipinski definition) is 4. The highest BCUT2D eigenvalue weighted by molar-refractivity contribution is 5.91. The van der Waals surface area contributed by atoms with Gasteiger partial charge in [0.05, 0.1) is 12.5 Å². The van der Waals surface area contributed by atoms with Gasteiger partial charge in [-0.05, 0) is 43.4 Å². The summed E-state index contributed by atoms with van der Waals surface area (Å²) in [5.74, 6) is -0.889. The minimum absolute atomic E-state index is 0.102. The Bertz CT molecular complexity index is 460. The van der Waals surface area contributed by atoms with Crippen LogP contribution in [0.15, 0.2) is 0 Å². The molecule has 2 amide bonds. The number of carboxylic acid groups (broad SMARTS) is 1. The van der Waals surface area contributed by atoms with Crippen LogP contribution in [0.3, 0.4) is 0 Å². The number of nitrogens with two attached hydrogens (primary N) is 1. The van der Waals surface area contributed by atoms with E-state index in [4.69, 9.17) is 10.8 Å². The van der Waals surface area contributed by atoms with Crippen molar-refractivity contribution in [3.8, 4) is 0 Å². The van der Waals surface area contributed by atoms with Crippen LogP contribution in [0.4, 0.5) is 0 Å². The Morgan fingerprint density at radius 1 is 1.04 bits per heavy atom. The van der Waals surface area contributed by atoms with Gasteiger partial charge in [0.2, 0.25) is 11.8 Å². The molecule has 0 unspecified atom stereocenters. The zero-order valence-corrected chi connectivity index (χ0v) is 13.7. The molecule has 0 aromatic heterocycles. The van der Waals surface area contributed by atoms with Gasteiger partial charge < -0.3 is 21.5 Å². The van der Waals surface area contributed by atoms with Gasteiger partial charge in [-0.25, -0.2) is 0 Å². The normalized spacial score (nSPS) is 20.2. The van der Waals surface area contributed by atoms with E-state index in [-0.39, 0.29) is 17.9 Å². The van der Waals surface area contributed by atoms with Crippen molar-refractivity contribution in [2.75, 3.05) is 0 Å². The lowest BCUT2D eigenvalue weighted by molar-refractivity contribution is -0.139. The fraction of sp³-hybridized carbons (Fsp3) is 0.812. The Morgan fingerprint density at radius 2 is 1.57 bits per heavy atom. The minimum atomic E-state index is -1.15. The van der Waals surface area contributed by atoms with Crippen molar-refractivity contribution in [2.45, 2.75) is 64.1 Å². The van der Waals surface area contributed by atoms with Gasteiger partial charge in [0.25, 0.3) is 0 Å². The average Bonchev–Trinajstić information content (AvgIpc) is 3.33. The van der Waals surface area contributed by atoms with Crippen molar-refractivity contribution in [3.63, 3.8) is 0 Å². The van der Waals surface area contributed by atoms with E-state index in [1.54, 1.807) is 0 Å². The maximum Gasteiger partial charge on any atom is 0.305 e. The number of hydrogen-bond acceptors (Lipinski definition) is 4. The molecule has 5 N–H and O–H groups in total. The van der Waals surface area contributed by atoms with Crippen LogP contribution in [0.2, 0.25) is 0 Å². The van der Waals surface area contributed by atoms with Gasteiger partial charge in [-0.1, -0.05) is 13.8 Å². The standard InChI is InChI=1S/C16H27N3O4/c1-8(2)13(18-15(22)11(17)7-12(20)21)16(23)19-14(9-3-4-9)10-5-6-10/h8-11,13-14H,3-7,17H2,1-2H3,(H,18,22)(H,19,23)(H,20,21)/t11-,13+/m0/s1. The van der Waals surface area contributed by atoms with Crippen LogP contribution < -0.4 is 16.4 Å². The lowest BCUT2D eigenvalue weighted by atomic mass is 10.0. The van der Waals surface area contributed by atoms with Gasteiger partial charge in [0, 0.05) is 6.04 Å². The van der Waals surface area contributed by atoms with Crippen molar-refractivity contribution in [1.82, 2.24) is 10.6 Å². The third-order valence-corrected chi connectivity index (χ3v) is 4.55. The molecule has 130 valence electrons. The summed E-state index contributed by atoms with van der Waals surface area (Å²) in [7, 11) is 0. The first-order valence-electron chi connectivity index (χ1n) is 8.37. The second-order valence-corrected chi connectivity index (χ2v) is 7.14. The second-order valence-electron chi connectivity index (χ2n) is 7.14. The summed E-state index contributed by atoms with van der Waals surface area (Å²) >= 11 is 0. The fourth-order valence-corrected chi connectivity index (χ4v) is 2.86. The van der Waals surface area contributed by atoms with Crippen LogP contribution >= 0.6 is 0 Å². The topological polar surface area (TPSA) is 122 Å². The molecule has 2 atom stereocenters. The Labute approximate surface area is 136 Å². The van der Waals surface area contributed by atoms with Crippen molar-refractivity contribution in [2.24, 2.45) is 23.5 Å². The van der Waals surface area contributed by atoms with Gasteiger partial charge in [0.1, 0.15) is 6.04 Å². The zero-order valence-electron chi connectivity index (χ0n) is 13.7. The van der Waals surface area contributed by atoms with E-state index in [0.717, 1.165) is 25.7 Å². The first kappa shape index (κ1) is 17.7. The molecule has 2 rings (SSSR count). The maximum atomic E-state index is 12.6. The smallest absolute Gasteiger partial charge is 0.305 e. The Kier molecular flexibility index (Phi) is 5.62. The van der Waals surface area contributed by atoms with Gasteiger partial charge >= 0.3 is 5.97 Å². The molecule has 0 bridgehead atoms. The largest absolute Gasteiger partial charge is 0.481 e. The molecule has 0 aliphatic heterocycles. The van der Waals surface area contributed by atoms with E-state index < -0.39 is 30.4 Å². The molecule has 0 saturated heterocycles. The summed E-state index contributed by atoms with van der Waals surface area (Å²) in [5.41, 5.74) is 5.56. The number of nitrogens with one attached hydrogen (secondary N) is 2. The first-order chi connectivity index (χ1) is 10.8. The molecule has 23 heavy (non-hydrogen) atoms. The molecule has 0 spiro atoms. The van der Waals surface area contributed by atoms with Crippen LogP contribution in [0.25, 0.3) is 0 Å². The summed E-state index contributed by atoms with van der Waals surface area (Å²) in [6, 6.07) is -1.63. The van der Waals surface area contributed by atoms with Gasteiger partial charge in [-0.3, -0.25) is 14.4 Å². The average molecular weight is 325 g/mol. The quantitative estimate of drug-likeness (QED) is 0.483. The molecule has 2 aliphatic carbocycles. The van der Waals surface area contributed by atoms with Crippen LogP contribution in [-0.2, 0) is 14.4 Å². The predicted molar refractivity (Wildman–Crippen MR) is 84.4 cm³/mol. The summed E-state index contributed by atoms with van der Waals surface area (Å²) in [5, 5.41) is 14.4. The molecule has 0 aromatic carbocycles. The molecule has 2 fully saturated rings. The highest BCUT2D eigenvalue weighted by Crippen LogP contribution is 2.44. The molecule has 7 heteroatoms. The van der Waals surface area contributed by atoms with E-state index in [1.165, 1.54) is 0 Å². The molecule has 0 aromatic rings. The SMILES string of the molecule is CC(C)[C@@H](NC(=O)[C@@H](N)CC(=O)O)C(=O)NC(C1CC1)C1CC1. The zero-order chi connectivity index (χ0) is 17.1. The number of carbonyl (C=O) groups is 3. The maximum absolute atomic E-state index is 12.6. The first-order valence-corrected chi connectivity index (χ1v) is 8.37. The van der Waals surface area contributed by atoms with Crippen molar-refractivity contribution < 1.29 is 19.5 Å². The van der Waals surface area contributed by atoms with Crippen molar-refractivity contribution in [1.29, 1.82) is 0 Å². The van der Waals surface area contributed by atoms with Crippen LogP contribution in [0.1, 0.15) is 46.0 Å². The fourth-order valence-electron chi connectivity index (χ4n) is 2.86. The van der Waals surface area contributed by atoms with Gasteiger partial charge in [-0.15, -0.1) is 0 Å². The van der Waals surface area contributed by atoms with Crippen LogP contribution in [0, 0.1) is 17.8 Å². The molecule has 2 saturated carbocycles. The van der Waals surface area contributed by atoms with E-state index in [0.29, 0.717) is 11.8 Å². The lowest BCUT2D eigenvalue weighted by Crippen LogP contribution is -2.56. The molecule has 2 aliphatic rings. The lowest BCUT2D eigenvalue weighted by Gasteiger charge is -2.26. The number of carbonyl (C=O) groups excluding carboxylic acids is 2. The van der Waals surface area contributed by atoms with Crippen molar-refractivity contribution in [3.05, 3.63) is 0 Å². The van der Waals surface area contributed by atoms with Crippen molar-refractivity contribution >= 4 is 17.8 Å². The molecule has 0 radical (unpaired) electrons. The monoisotopic (exact) mass is 325 g/mol. The van der Waals surface area contributed by atoms with Gasteiger partial charge in [0.15, 0.2) is 0 Å². The third kappa shape index (κ3) is 5.20. The Balaban J connectivity index is 1.92. The van der Waals surface area contributed by atoms with Crippen LogP contribution in [0.5, 0.6) is 0 Å². The number of carboxylic acids is 1. The highest BCUT2D eigenvalue weighted by Gasteiger charge is 2.43. The van der Waals surface area contributed by atoms with E-state index >= 15 is 0 Å². The number of amides is 2. The third-order valence-electron chi connectivity index (χ3n) is 4.55. The van der Waals surface area contributed by atoms with E-state index in [2.05, 4.69) is 10.6 Å². The van der Waals surface area contributed by atoms with Crippen LogP contribution in [-0.4, -0.2) is 41.0 Å². The molecule has 7 nitrogen and oxygen atoms in total. The van der Waals surface area contributed by atoms with E-state index in [1.807, 2.05) is 13.8 Å². The molecule has 0 heterocycles. The molecular weight excluding hydrogens is 298 g/mol. The Morgan fingerprint density at radius 3 is 1.96 bits per heavy atom. The summed E-state index contributed by atoms with van der Waals surface area (Å²) in [4.78, 5) is 35.2. The summed E-state index contributed by atoms with van der Waals surface area (Å²) in [6.07, 6.45) is 4.17. The number of aliphatic carboxylic acids is 1. The summed E-state index contributed by atoms with van der Waals surface area (Å²) < 4.78 is 0. The molecular formula is C16H27N3O4. The Hall–Kier alpha value is -1.63. The highest BCUT2D eigenvalue weighted by atomic mass is 16.4.